The molecule has 0 atom stereocenters. The minimum Gasteiger partial charge on any atom is -0.454 e. The number of carbonyl (C=O) groups excluding carboxylic acids is 2. The van der Waals surface area contributed by atoms with Crippen LogP contribution >= 0.6 is 11.8 Å². The molecular weight excluding hydrogens is 434 g/mol. The number of amides is 2. The van der Waals surface area contributed by atoms with E-state index in [1.165, 1.54) is 24.3 Å². The van der Waals surface area contributed by atoms with Crippen LogP contribution in [-0.2, 0) is 0 Å². The molecule has 2 aromatic rings. The van der Waals surface area contributed by atoms with Crippen LogP contribution in [0, 0.1) is 10.1 Å². The second-order valence-electron chi connectivity index (χ2n) is 7.92. The highest BCUT2D eigenvalue weighted by Crippen LogP contribution is 2.45. The molecule has 3 aliphatic rings. The molecule has 2 saturated heterocycles. The third-order valence-electron chi connectivity index (χ3n) is 6.20. The number of hydrogen-bond donors (Lipinski definition) is 0. The number of thioether (sulfide) groups is 1. The number of ether oxygens (including phenoxy) is 2. The molecule has 0 saturated carbocycles. The van der Waals surface area contributed by atoms with Crippen molar-refractivity contribution in [1.82, 2.24) is 9.80 Å². The van der Waals surface area contributed by atoms with E-state index in [9.17, 15) is 19.7 Å². The zero-order chi connectivity index (χ0) is 22.3. The lowest BCUT2D eigenvalue weighted by atomic mass is 10.00. The molecule has 5 rings (SSSR count). The first-order valence-electron chi connectivity index (χ1n) is 10.4. The van der Waals surface area contributed by atoms with E-state index < -0.39 is 4.92 Å². The Labute approximate surface area is 188 Å². The van der Waals surface area contributed by atoms with Crippen molar-refractivity contribution in [3.05, 3.63) is 63.7 Å². The zero-order valence-electron chi connectivity index (χ0n) is 17.2. The van der Waals surface area contributed by atoms with Crippen LogP contribution in [0.15, 0.2) is 42.5 Å². The van der Waals surface area contributed by atoms with Gasteiger partial charge in [0, 0.05) is 48.6 Å². The summed E-state index contributed by atoms with van der Waals surface area (Å²) < 4.78 is 10.7. The Morgan fingerprint density at radius 3 is 2.34 bits per heavy atom. The smallest absolute Gasteiger partial charge is 0.269 e. The van der Waals surface area contributed by atoms with Crippen LogP contribution < -0.4 is 9.47 Å². The number of non-ortho nitro benzene ring substituents is 1. The topological polar surface area (TPSA) is 102 Å². The number of likely N-dealkylation sites (tertiary alicyclic amines) is 1. The Balaban J connectivity index is 1.28. The number of carbonyl (C=O) groups is 2. The number of nitro groups is 1. The molecule has 0 unspecified atom stereocenters. The van der Waals surface area contributed by atoms with Crippen molar-refractivity contribution < 1.29 is 24.0 Å². The SMILES string of the molecule is O=C(c1ccc2c(c1)OCO2)N1CCC2(CC1)SCCN2C(=O)c1ccc([N+](=O)[O-])cc1. The number of fused-ring (bicyclic) bond motifs is 1. The van der Waals surface area contributed by atoms with Crippen molar-refractivity contribution in [3.8, 4) is 11.5 Å². The molecule has 9 nitrogen and oxygen atoms in total. The van der Waals surface area contributed by atoms with E-state index in [0.717, 1.165) is 5.75 Å². The Bertz CT molecular complexity index is 1080. The predicted molar refractivity (Wildman–Crippen MR) is 117 cm³/mol. The quantitative estimate of drug-likeness (QED) is 0.517. The fraction of sp³-hybridized carbons (Fsp3) is 0.364. The monoisotopic (exact) mass is 455 g/mol. The Kier molecular flexibility index (Phi) is 5.16. The maximum Gasteiger partial charge on any atom is 0.269 e. The molecule has 0 aliphatic carbocycles. The van der Waals surface area contributed by atoms with Gasteiger partial charge in [0.05, 0.1) is 9.79 Å². The Morgan fingerprint density at radius 2 is 1.62 bits per heavy atom. The van der Waals surface area contributed by atoms with E-state index >= 15 is 0 Å². The fourth-order valence-electron chi connectivity index (χ4n) is 4.46. The first-order valence-corrected chi connectivity index (χ1v) is 11.3. The van der Waals surface area contributed by atoms with Gasteiger partial charge >= 0.3 is 0 Å². The summed E-state index contributed by atoms with van der Waals surface area (Å²) >= 11 is 1.75. The van der Waals surface area contributed by atoms with Crippen LogP contribution in [0.3, 0.4) is 0 Å². The summed E-state index contributed by atoms with van der Waals surface area (Å²) in [5, 5.41) is 10.9. The first kappa shape index (κ1) is 20.6. The van der Waals surface area contributed by atoms with Crippen molar-refractivity contribution in [2.24, 2.45) is 0 Å². The summed E-state index contributed by atoms with van der Waals surface area (Å²) in [6.45, 7) is 1.88. The van der Waals surface area contributed by atoms with Gasteiger partial charge in [-0.1, -0.05) is 0 Å². The van der Waals surface area contributed by atoms with Gasteiger partial charge in [-0.2, -0.15) is 0 Å². The highest BCUT2D eigenvalue weighted by Gasteiger charge is 2.47. The maximum absolute atomic E-state index is 13.2. The molecule has 0 N–H and O–H groups in total. The molecule has 166 valence electrons. The minimum atomic E-state index is -0.478. The van der Waals surface area contributed by atoms with Gasteiger partial charge in [0.15, 0.2) is 11.5 Å². The van der Waals surface area contributed by atoms with Gasteiger partial charge in [0.1, 0.15) is 0 Å². The van der Waals surface area contributed by atoms with Crippen LogP contribution in [0.5, 0.6) is 11.5 Å². The lowest BCUT2D eigenvalue weighted by Gasteiger charge is -2.44. The zero-order valence-corrected chi connectivity index (χ0v) is 18.0. The third kappa shape index (κ3) is 3.54. The number of hydrogen-bond acceptors (Lipinski definition) is 7. The van der Waals surface area contributed by atoms with Crippen molar-refractivity contribution in [1.29, 1.82) is 0 Å². The second-order valence-corrected chi connectivity index (χ2v) is 9.37. The maximum atomic E-state index is 13.2. The van der Waals surface area contributed by atoms with Crippen molar-refractivity contribution >= 4 is 29.3 Å². The number of nitro benzene ring substituents is 1. The van der Waals surface area contributed by atoms with E-state index in [1.807, 2.05) is 9.80 Å². The van der Waals surface area contributed by atoms with Crippen molar-refractivity contribution in [2.45, 2.75) is 17.7 Å². The van der Waals surface area contributed by atoms with E-state index in [0.29, 0.717) is 55.1 Å². The summed E-state index contributed by atoms with van der Waals surface area (Å²) in [5.41, 5.74) is 0.960. The normalized spacial score (nSPS) is 18.8. The van der Waals surface area contributed by atoms with Gasteiger partial charge in [-0.3, -0.25) is 19.7 Å². The van der Waals surface area contributed by atoms with Crippen molar-refractivity contribution in [2.75, 3.05) is 32.2 Å². The molecule has 0 bridgehead atoms. The van der Waals surface area contributed by atoms with Crippen LogP contribution in [0.1, 0.15) is 33.6 Å². The number of piperidine rings is 1. The molecule has 0 radical (unpaired) electrons. The second kappa shape index (κ2) is 8.01. The number of benzene rings is 2. The third-order valence-corrected chi connectivity index (χ3v) is 7.75. The van der Waals surface area contributed by atoms with E-state index in [-0.39, 0.29) is 29.2 Å². The van der Waals surface area contributed by atoms with Crippen molar-refractivity contribution in [3.63, 3.8) is 0 Å². The molecule has 0 aromatic heterocycles. The average Bonchev–Trinajstić information content (AvgIpc) is 3.45. The largest absolute Gasteiger partial charge is 0.454 e. The lowest BCUT2D eigenvalue weighted by molar-refractivity contribution is -0.384. The molecule has 3 heterocycles. The van der Waals surface area contributed by atoms with Crippen LogP contribution in [0.25, 0.3) is 0 Å². The first-order chi connectivity index (χ1) is 15.5. The van der Waals surface area contributed by atoms with Gasteiger partial charge in [-0.25, -0.2) is 0 Å². The summed E-state index contributed by atoms with van der Waals surface area (Å²) in [7, 11) is 0. The molecule has 32 heavy (non-hydrogen) atoms. The summed E-state index contributed by atoms with van der Waals surface area (Å²) in [6, 6.07) is 10.9. The van der Waals surface area contributed by atoms with Gasteiger partial charge in [0.25, 0.3) is 17.5 Å². The molecule has 2 aromatic carbocycles. The van der Waals surface area contributed by atoms with Crippen LogP contribution in [0.2, 0.25) is 0 Å². The summed E-state index contributed by atoms with van der Waals surface area (Å²) in [5.74, 6) is 1.86. The van der Waals surface area contributed by atoms with Gasteiger partial charge in [0.2, 0.25) is 6.79 Å². The molecule has 3 aliphatic heterocycles. The van der Waals surface area contributed by atoms with E-state index in [4.69, 9.17) is 9.47 Å². The van der Waals surface area contributed by atoms with Crippen LogP contribution in [-0.4, -0.2) is 63.6 Å². The fourth-order valence-corrected chi connectivity index (χ4v) is 5.92. The highest BCUT2D eigenvalue weighted by atomic mass is 32.2. The van der Waals surface area contributed by atoms with Gasteiger partial charge in [-0.05, 0) is 43.2 Å². The molecular formula is C22H21N3O6S. The van der Waals surface area contributed by atoms with Crippen LogP contribution in [0.4, 0.5) is 5.69 Å². The summed E-state index contributed by atoms with van der Waals surface area (Å²) in [4.78, 5) is 39.9. The molecule has 2 fully saturated rings. The average molecular weight is 455 g/mol. The minimum absolute atomic E-state index is 0.0394. The predicted octanol–water partition coefficient (Wildman–Crippen LogP) is 3.15. The van der Waals surface area contributed by atoms with E-state index in [1.54, 1.807) is 30.0 Å². The molecule has 2 amide bonds. The lowest BCUT2D eigenvalue weighted by Crippen LogP contribution is -2.53. The standard InChI is InChI=1S/C22H21N3O6S/c26-20(16-3-6-18-19(13-16)31-14-30-18)23-9-7-22(8-10-23)24(11-12-32-22)21(27)15-1-4-17(5-2-15)25(28)29/h1-6,13H,7-12,14H2. The highest BCUT2D eigenvalue weighted by molar-refractivity contribution is 8.00. The molecule has 10 heteroatoms. The molecule has 1 spiro atoms. The van der Waals surface area contributed by atoms with E-state index in [2.05, 4.69) is 0 Å². The Hall–Kier alpha value is -3.27. The van der Waals surface area contributed by atoms with Gasteiger partial charge < -0.3 is 19.3 Å². The number of nitrogens with zero attached hydrogens (tertiary/aromatic N) is 3. The Morgan fingerprint density at radius 1 is 0.938 bits per heavy atom. The van der Waals surface area contributed by atoms with Gasteiger partial charge in [-0.15, -0.1) is 11.8 Å². The number of rotatable bonds is 3. The summed E-state index contributed by atoms with van der Waals surface area (Å²) in [6.07, 6.45) is 1.35.